The van der Waals surface area contributed by atoms with Crippen LogP contribution in [-0.2, 0) is 9.59 Å². The monoisotopic (exact) mass is 277 g/mol. The Kier molecular flexibility index (Phi) is 5.46. The summed E-state index contributed by atoms with van der Waals surface area (Å²) in [5.41, 5.74) is 0.826. The zero-order valence-corrected chi connectivity index (χ0v) is 11.8. The van der Waals surface area contributed by atoms with E-state index in [0.717, 1.165) is 6.08 Å². The van der Waals surface area contributed by atoms with Gasteiger partial charge in [0.05, 0.1) is 12.1 Å². The summed E-state index contributed by atoms with van der Waals surface area (Å²) in [7, 11) is 1.54. The highest BCUT2D eigenvalue weighted by atomic mass is 16.4. The molecule has 2 N–H and O–H groups in total. The minimum atomic E-state index is -1.17. The fourth-order valence-corrected chi connectivity index (χ4v) is 1.85. The van der Waals surface area contributed by atoms with E-state index in [9.17, 15) is 14.7 Å². The van der Waals surface area contributed by atoms with Gasteiger partial charge in [-0.3, -0.25) is 4.79 Å². The van der Waals surface area contributed by atoms with Crippen LogP contribution in [-0.4, -0.2) is 40.1 Å². The first-order valence-electron chi connectivity index (χ1n) is 6.26. The van der Waals surface area contributed by atoms with Gasteiger partial charge in [-0.1, -0.05) is 30.3 Å². The SMILES string of the molecule is CC(=CC(=O)O)C(=O)N(C)C(C)C(O)c1ccccc1. The van der Waals surface area contributed by atoms with Gasteiger partial charge in [-0.15, -0.1) is 0 Å². The second-order valence-electron chi connectivity index (χ2n) is 4.68. The lowest BCUT2D eigenvalue weighted by Gasteiger charge is -2.29. The lowest BCUT2D eigenvalue weighted by molar-refractivity contribution is -0.133. The minimum Gasteiger partial charge on any atom is -0.478 e. The van der Waals surface area contributed by atoms with E-state index in [2.05, 4.69) is 0 Å². The number of hydrogen-bond donors (Lipinski definition) is 2. The Hall–Kier alpha value is -2.14. The van der Waals surface area contributed by atoms with E-state index in [1.165, 1.54) is 11.8 Å². The summed E-state index contributed by atoms with van der Waals surface area (Å²) in [6, 6.07) is 8.54. The molecule has 1 rings (SSSR count). The van der Waals surface area contributed by atoms with Gasteiger partial charge in [0.2, 0.25) is 5.91 Å². The molecule has 5 heteroatoms. The van der Waals surface area contributed by atoms with Crippen molar-refractivity contribution in [2.75, 3.05) is 7.05 Å². The van der Waals surface area contributed by atoms with Gasteiger partial charge >= 0.3 is 5.97 Å². The Morgan fingerprint density at radius 2 is 1.80 bits per heavy atom. The molecule has 2 atom stereocenters. The number of likely N-dealkylation sites (N-methyl/N-ethyl adjacent to an activating group) is 1. The fourth-order valence-electron chi connectivity index (χ4n) is 1.85. The number of aliphatic carboxylic acids is 1. The van der Waals surface area contributed by atoms with Crippen LogP contribution in [0.3, 0.4) is 0 Å². The predicted molar refractivity (Wildman–Crippen MR) is 75.0 cm³/mol. The Labute approximate surface area is 118 Å². The van der Waals surface area contributed by atoms with Crippen LogP contribution in [0.25, 0.3) is 0 Å². The van der Waals surface area contributed by atoms with Gasteiger partial charge in [-0.2, -0.15) is 0 Å². The number of aliphatic hydroxyl groups is 1. The molecule has 0 aliphatic carbocycles. The molecule has 5 nitrogen and oxygen atoms in total. The van der Waals surface area contributed by atoms with Crippen LogP contribution in [0.1, 0.15) is 25.5 Å². The van der Waals surface area contributed by atoms with E-state index in [4.69, 9.17) is 5.11 Å². The van der Waals surface area contributed by atoms with Crippen LogP contribution in [0.15, 0.2) is 42.0 Å². The molecule has 0 aromatic heterocycles. The van der Waals surface area contributed by atoms with E-state index in [1.807, 2.05) is 18.2 Å². The Balaban J connectivity index is 2.84. The van der Waals surface area contributed by atoms with Crippen molar-refractivity contribution in [1.82, 2.24) is 4.90 Å². The summed E-state index contributed by atoms with van der Waals surface area (Å²) >= 11 is 0. The van der Waals surface area contributed by atoms with Gasteiger partial charge in [0, 0.05) is 18.7 Å². The number of nitrogens with zero attached hydrogens (tertiary/aromatic N) is 1. The largest absolute Gasteiger partial charge is 0.478 e. The molecule has 0 saturated carbocycles. The van der Waals surface area contributed by atoms with Crippen molar-refractivity contribution in [3.05, 3.63) is 47.5 Å². The number of rotatable bonds is 5. The molecular weight excluding hydrogens is 258 g/mol. The van der Waals surface area contributed by atoms with Crippen LogP contribution in [0.2, 0.25) is 0 Å². The summed E-state index contributed by atoms with van der Waals surface area (Å²) in [5.74, 6) is -1.59. The van der Waals surface area contributed by atoms with E-state index in [1.54, 1.807) is 26.1 Å². The van der Waals surface area contributed by atoms with Crippen molar-refractivity contribution in [1.29, 1.82) is 0 Å². The molecule has 0 heterocycles. The van der Waals surface area contributed by atoms with Gasteiger partial charge in [-0.25, -0.2) is 4.79 Å². The first kappa shape index (κ1) is 15.9. The number of carboxylic acids is 1. The zero-order valence-electron chi connectivity index (χ0n) is 11.8. The lowest BCUT2D eigenvalue weighted by Crippen LogP contribution is -2.39. The number of carbonyl (C=O) groups excluding carboxylic acids is 1. The molecule has 108 valence electrons. The van der Waals surface area contributed by atoms with Gasteiger partial charge in [0.25, 0.3) is 0 Å². The van der Waals surface area contributed by atoms with Crippen molar-refractivity contribution in [3.8, 4) is 0 Å². The van der Waals surface area contributed by atoms with Crippen LogP contribution < -0.4 is 0 Å². The highest BCUT2D eigenvalue weighted by Gasteiger charge is 2.24. The molecule has 0 radical (unpaired) electrons. The second kappa shape index (κ2) is 6.86. The quantitative estimate of drug-likeness (QED) is 0.801. The van der Waals surface area contributed by atoms with Crippen molar-refractivity contribution in [2.24, 2.45) is 0 Å². The number of hydrogen-bond acceptors (Lipinski definition) is 3. The van der Waals surface area contributed by atoms with Crippen molar-refractivity contribution < 1.29 is 19.8 Å². The number of carbonyl (C=O) groups is 2. The summed E-state index contributed by atoms with van der Waals surface area (Å²) < 4.78 is 0. The smallest absolute Gasteiger partial charge is 0.328 e. The molecule has 1 aromatic carbocycles. The average molecular weight is 277 g/mol. The van der Waals surface area contributed by atoms with Crippen molar-refractivity contribution in [2.45, 2.75) is 26.0 Å². The molecule has 0 saturated heterocycles. The number of amides is 1. The van der Waals surface area contributed by atoms with Crippen molar-refractivity contribution >= 4 is 11.9 Å². The summed E-state index contributed by atoms with van der Waals surface area (Å²) in [4.78, 5) is 23.9. The predicted octanol–water partition coefficient (Wildman–Crippen LogP) is 1.60. The molecule has 2 unspecified atom stereocenters. The van der Waals surface area contributed by atoms with Gasteiger partial charge < -0.3 is 15.1 Å². The van der Waals surface area contributed by atoms with Crippen LogP contribution >= 0.6 is 0 Å². The molecule has 0 aliphatic rings. The molecule has 0 fully saturated rings. The number of benzene rings is 1. The summed E-state index contributed by atoms with van der Waals surface area (Å²) in [5, 5.41) is 18.9. The van der Waals surface area contributed by atoms with Crippen LogP contribution in [0.4, 0.5) is 0 Å². The van der Waals surface area contributed by atoms with E-state index < -0.39 is 24.0 Å². The van der Waals surface area contributed by atoms with Gasteiger partial charge in [-0.05, 0) is 19.4 Å². The van der Waals surface area contributed by atoms with Crippen LogP contribution in [0.5, 0.6) is 0 Å². The maximum absolute atomic E-state index is 12.0. The molecule has 0 spiro atoms. The highest BCUT2D eigenvalue weighted by molar-refractivity contribution is 5.98. The topological polar surface area (TPSA) is 77.8 Å². The molecule has 20 heavy (non-hydrogen) atoms. The van der Waals surface area contributed by atoms with E-state index in [0.29, 0.717) is 5.56 Å². The zero-order chi connectivity index (χ0) is 15.3. The third-order valence-corrected chi connectivity index (χ3v) is 3.21. The van der Waals surface area contributed by atoms with Gasteiger partial charge in [0.1, 0.15) is 0 Å². The molecule has 0 bridgehead atoms. The first-order chi connectivity index (χ1) is 9.34. The first-order valence-corrected chi connectivity index (χ1v) is 6.26. The third kappa shape index (κ3) is 3.93. The van der Waals surface area contributed by atoms with Crippen LogP contribution in [0, 0.1) is 0 Å². The van der Waals surface area contributed by atoms with Crippen molar-refractivity contribution in [3.63, 3.8) is 0 Å². The average Bonchev–Trinajstić information content (AvgIpc) is 2.44. The molecular formula is C15H19NO4. The third-order valence-electron chi connectivity index (χ3n) is 3.21. The molecule has 1 aromatic rings. The van der Waals surface area contributed by atoms with E-state index in [-0.39, 0.29) is 5.57 Å². The lowest BCUT2D eigenvalue weighted by atomic mass is 10.0. The maximum atomic E-state index is 12.0. The normalized spacial score (nSPS) is 14.5. The summed E-state index contributed by atoms with van der Waals surface area (Å²) in [6.07, 6.45) is 0.0308. The maximum Gasteiger partial charge on any atom is 0.328 e. The fraction of sp³-hybridized carbons (Fsp3) is 0.333. The minimum absolute atomic E-state index is 0.118. The Bertz CT molecular complexity index is 510. The molecule has 1 amide bonds. The second-order valence-corrected chi connectivity index (χ2v) is 4.68. The Morgan fingerprint density at radius 3 is 2.30 bits per heavy atom. The number of carboxylic acid groups (broad SMARTS) is 1. The standard InChI is InChI=1S/C15H19NO4/c1-10(9-13(17)18)15(20)16(3)11(2)14(19)12-7-5-4-6-8-12/h4-9,11,14,19H,1-3H3,(H,17,18). The molecule has 0 aliphatic heterocycles. The Morgan fingerprint density at radius 1 is 1.25 bits per heavy atom. The number of aliphatic hydroxyl groups excluding tert-OH is 1. The van der Waals surface area contributed by atoms with Gasteiger partial charge in [0.15, 0.2) is 0 Å². The highest BCUT2D eigenvalue weighted by Crippen LogP contribution is 2.20. The summed E-state index contributed by atoms with van der Waals surface area (Å²) in [6.45, 7) is 3.15. The van der Waals surface area contributed by atoms with E-state index >= 15 is 0 Å².